The maximum Gasteiger partial charge on any atom is 0.303 e. The number of tetrazole rings is 1. The summed E-state index contributed by atoms with van der Waals surface area (Å²) in [5.74, 6) is 0.283. The molecule has 2 atom stereocenters. The van der Waals surface area contributed by atoms with Crippen molar-refractivity contribution in [2.24, 2.45) is 5.92 Å². The van der Waals surface area contributed by atoms with Gasteiger partial charge in [-0.2, -0.15) is 0 Å². The van der Waals surface area contributed by atoms with E-state index in [2.05, 4.69) is 27.7 Å². The summed E-state index contributed by atoms with van der Waals surface area (Å²) in [6.07, 6.45) is 1.07. The predicted octanol–water partition coefficient (Wildman–Crippen LogP) is 1.47. The monoisotopic (exact) mass is 272 g/mol. The average molecular weight is 272 g/mol. The zero-order valence-corrected chi connectivity index (χ0v) is 11.2. The number of fused-ring (bicyclic) bond motifs is 1. The Balaban J connectivity index is 1.77. The van der Waals surface area contributed by atoms with Crippen LogP contribution < -0.4 is 0 Å². The molecule has 1 heterocycles. The Bertz CT molecular complexity index is 638. The summed E-state index contributed by atoms with van der Waals surface area (Å²) >= 11 is 0. The summed E-state index contributed by atoms with van der Waals surface area (Å²) in [5.41, 5.74) is 2.61. The first-order valence-electron chi connectivity index (χ1n) is 6.71. The Hall–Kier alpha value is -2.24. The van der Waals surface area contributed by atoms with Gasteiger partial charge in [0.2, 0.25) is 0 Å². The first kappa shape index (κ1) is 12.8. The van der Waals surface area contributed by atoms with Gasteiger partial charge in [-0.25, -0.2) is 4.68 Å². The van der Waals surface area contributed by atoms with Crippen LogP contribution in [0.3, 0.4) is 0 Å². The van der Waals surface area contributed by atoms with E-state index in [1.165, 1.54) is 11.1 Å². The van der Waals surface area contributed by atoms with Gasteiger partial charge in [0, 0.05) is 13.0 Å². The summed E-state index contributed by atoms with van der Waals surface area (Å²) in [6.45, 7) is 2.43. The summed E-state index contributed by atoms with van der Waals surface area (Å²) in [5, 5.41) is 20.7. The van der Waals surface area contributed by atoms with E-state index >= 15 is 0 Å². The number of aromatic nitrogens is 4. The highest BCUT2D eigenvalue weighted by molar-refractivity contribution is 5.66. The van der Waals surface area contributed by atoms with Gasteiger partial charge in [-0.15, -0.1) is 5.10 Å². The lowest BCUT2D eigenvalue weighted by Crippen LogP contribution is -2.24. The molecule has 1 aliphatic carbocycles. The van der Waals surface area contributed by atoms with Crippen molar-refractivity contribution in [1.82, 2.24) is 20.2 Å². The lowest BCUT2D eigenvalue weighted by atomic mass is 9.77. The molecule has 0 saturated carbocycles. The highest BCUT2D eigenvalue weighted by Crippen LogP contribution is 2.38. The van der Waals surface area contributed by atoms with Crippen molar-refractivity contribution in [1.29, 1.82) is 0 Å². The van der Waals surface area contributed by atoms with Gasteiger partial charge in [0.05, 0.1) is 5.92 Å². The molecule has 20 heavy (non-hydrogen) atoms. The number of benzene rings is 1. The second-order valence-corrected chi connectivity index (χ2v) is 5.38. The summed E-state index contributed by atoms with van der Waals surface area (Å²) < 4.78 is 1.74. The molecular formula is C14H16N4O2. The quantitative estimate of drug-likeness (QED) is 0.891. The molecule has 0 fully saturated rings. The van der Waals surface area contributed by atoms with Crippen LogP contribution in [0.2, 0.25) is 0 Å². The molecule has 6 nitrogen and oxygen atoms in total. The highest BCUT2D eigenvalue weighted by atomic mass is 16.4. The Morgan fingerprint density at radius 1 is 1.50 bits per heavy atom. The Labute approximate surface area is 116 Å². The van der Waals surface area contributed by atoms with E-state index in [9.17, 15) is 4.79 Å². The van der Waals surface area contributed by atoms with Gasteiger partial charge in [0.1, 0.15) is 0 Å². The van der Waals surface area contributed by atoms with E-state index in [-0.39, 0.29) is 18.3 Å². The zero-order valence-electron chi connectivity index (χ0n) is 11.2. The van der Waals surface area contributed by atoms with Crippen molar-refractivity contribution in [3.05, 3.63) is 41.2 Å². The molecule has 104 valence electrons. The number of carboxylic acids is 1. The molecule has 2 unspecified atom stereocenters. The van der Waals surface area contributed by atoms with Crippen molar-refractivity contribution in [3.63, 3.8) is 0 Å². The summed E-state index contributed by atoms with van der Waals surface area (Å²) in [6, 6.07) is 8.27. The first-order valence-corrected chi connectivity index (χ1v) is 6.71. The molecule has 1 aliphatic rings. The van der Waals surface area contributed by atoms with Crippen LogP contribution in [-0.4, -0.2) is 31.3 Å². The average Bonchev–Trinajstić information content (AvgIpc) is 2.78. The van der Waals surface area contributed by atoms with Crippen LogP contribution in [-0.2, 0) is 17.8 Å². The third-order valence-electron chi connectivity index (χ3n) is 3.73. The van der Waals surface area contributed by atoms with Gasteiger partial charge in [-0.3, -0.25) is 4.79 Å². The van der Waals surface area contributed by atoms with Crippen LogP contribution in [0.25, 0.3) is 0 Å². The van der Waals surface area contributed by atoms with Crippen LogP contribution in [0, 0.1) is 5.92 Å². The van der Waals surface area contributed by atoms with E-state index < -0.39 is 5.97 Å². The molecule has 0 spiro atoms. The molecule has 0 aliphatic heterocycles. The fourth-order valence-electron chi connectivity index (χ4n) is 2.74. The number of carbonyl (C=O) groups is 1. The maximum absolute atomic E-state index is 10.7. The van der Waals surface area contributed by atoms with Crippen molar-refractivity contribution in [3.8, 4) is 0 Å². The number of hydrogen-bond donors (Lipinski definition) is 1. The number of nitrogens with zero attached hydrogens (tertiary/aromatic N) is 4. The van der Waals surface area contributed by atoms with E-state index in [0.29, 0.717) is 6.54 Å². The van der Waals surface area contributed by atoms with Crippen molar-refractivity contribution >= 4 is 5.97 Å². The Morgan fingerprint density at radius 3 is 3.05 bits per heavy atom. The van der Waals surface area contributed by atoms with E-state index in [1.807, 2.05) is 19.1 Å². The third kappa shape index (κ3) is 2.29. The molecule has 0 bridgehead atoms. The summed E-state index contributed by atoms with van der Waals surface area (Å²) in [4.78, 5) is 10.7. The molecule has 0 amide bonds. The van der Waals surface area contributed by atoms with Gasteiger partial charge in [-0.1, -0.05) is 31.2 Å². The third-order valence-corrected chi connectivity index (χ3v) is 3.73. The molecule has 1 aromatic carbocycles. The van der Waals surface area contributed by atoms with Crippen LogP contribution in [0.4, 0.5) is 0 Å². The van der Waals surface area contributed by atoms with Crippen molar-refractivity contribution in [2.45, 2.75) is 32.2 Å². The number of aliphatic carboxylic acids is 1. The second kappa shape index (κ2) is 5.03. The first-order chi connectivity index (χ1) is 9.65. The van der Waals surface area contributed by atoms with Gasteiger partial charge >= 0.3 is 5.97 Å². The van der Waals surface area contributed by atoms with Gasteiger partial charge in [-0.05, 0) is 33.9 Å². The van der Waals surface area contributed by atoms with E-state index in [1.54, 1.807) is 4.68 Å². The fraction of sp³-hybridized carbons (Fsp3) is 0.429. The highest BCUT2D eigenvalue weighted by Gasteiger charge is 2.31. The molecule has 1 N–H and O–H groups in total. The fourth-order valence-corrected chi connectivity index (χ4v) is 2.74. The van der Waals surface area contributed by atoms with Crippen LogP contribution in [0.15, 0.2) is 24.3 Å². The van der Waals surface area contributed by atoms with Crippen LogP contribution >= 0.6 is 0 Å². The molecule has 0 radical (unpaired) electrons. The number of hydrogen-bond acceptors (Lipinski definition) is 4. The van der Waals surface area contributed by atoms with Crippen molar-refractivity contribution in [2.75, 3.05) is 0 Å². The minimum atomic E-state index is -0.791. The SMILES string of the molecule is CC(CC(=O)O)Cn1nnnc1C1Cc2ccccc21. The smallest absolute Gasteiger partial charge is 0.303 e. The molecule has 3 rings (SSSR count). The zero-order chi connectivity index (χ0) is 14.1. The maximum atomic E-state index is 10.7. The Kier molecular flexibility index (Phi) is 3.22. The van der Waals surface area contributed by atoms with Gasteiger partial charge in [0.15, 0.2) is 5.82 Å². The van der Waals surface area contributed by atoms with Gasteiger partial charge < -0.3 is 5.11 Å². The van der Waals surface area contributed by atoms with E-state index in [0.717, 1.165) is 12.2 Å². The molecular weight excluding hydrogens is 256 g/mol. The lowest BCUT2D eigenvalue weighted by Gasteiger charge is -2.29. The normalized spacial score (nSPS) is 18.1. The number of carboxylic acid groups (broad SMARTS) is 1. The molecule has 2 aromatic rings. The van der Waals surface area contributed by atoms with Crippen LogP contribution in [0.5, 0.6) is 0 Å². The van der Waals surface area contributed by atoms with Crippen molar-refractivity contribution < 1.29 is 9.90 Å². The molecule has 6 heteroatoms. The molecule has 0 saturated heterocycles. The Morgan fingerprint density at radius 2 is 2.30 bits per heavy atom. The minimum absolute atomic E-state index is 0.00469. The second-order valence-electron chi connectivity index (χ2n) is 5.38. The minimum Gasteiger partial charge on any atom is -0.481 e. The predicted molar refractivity (Wildman–Crippen MR) is 71.2 cm³/mol. The number of rotatable bonds is 5. The standard InChI is InChI=1S/C14H16N4O2/c1-9(6-13(19)20)8-18-14(15-16-17-18)12-7-10-4-2-3-5-11(10)12/h2-5,9,12H,6-8H2,1H3,(H,19,20). The van der Waals surface area contributed by atoms with E-state index in [4.69, 9.17) is 5.11 Å². The lowest BCUT2D eigenvalue weighted by molar-refractivity contribution is -0.138. The van der Waals surface area contributed by atoms with Crippen LogP contribution in [0.1, 0.15) is 36.2 Å². The topological polar surface area (TPSA) is 80.9 Å². The largest absolute Gasteiger partial charge is 0.481 e. The molecule has 1 aromatic heterocycles. The summed E-state index contributed by atoms with van der Waals surface area (Å²) in [7, 11) is 0. The van der Waals surface area contributed by atoms with Gasteiger partial charge in [0.25, 0.3) is 0 Å².